The fraction of sp³-hybridized carbons (Fsp3) is 0.444. The third-order valence-corrected chi connectivity index (χ3v) is 6.15. The second-order valence-corrected chi connectivity index (χ2v) is 8.54. The molecule has 2 aromatic carbocycles. The van der Waals surface area contributed by atoms with Crippen molar-refractivity contribution in [2.75, 3.05) is 25.7 Å². The summed E-state index contributed by atoms with van der Waals surface area (Å²) in [6.45, 7) is 2.77. The fourth-order valence-corrected chi connectivity index (χ4v) is 3.96. The first-order chi connectivity index (χ1) is 16.4. The molecule has 0 radical (unpaired) electrons. The van der Waals surface area contributed by atoms with Gasteiger partial charge in [0.05, 0.1) is 25.2 Å². The highest BCUT2D eigenvalue weighted by Gasteiger charge is 2.29. The lowest BCUT2D eigenvalue weighted by Crippen LogP contribution is -2.28. The van der Waals surface area contributed by atoms with Gasteiger partial charge in [-0.1, -0.05) is 13.3 Å². The molecule has 0 aromatic heterocycles. The van der Waals surface area contributed by atoms with Gasteiger partial charge in [-0.05, 0) is 80.6 Å². The molecule has 1 saturated carbocycles. The van der Waals surface area contributed by atoms with E-state index in [1.165, 1.54) is 12.0 Å². The topological polar surface area (TPSA) is 82.1 Å². The number of hydrogen-bond acceptors (Lipinski definition) is 6. The number of unbranched alkanes of at least 4 members (excludes halogenated alkanes) is 1. The van der Waals surface area contributed by atoms with E-state index in [4.69, 9.17) is 14.2 Å². The Bertz CT molecular complexity index is 962. The number of amides is 1. The van der Waals surface area contributed by atoms with Crippen LogP contribution in [-0.2, 0) is 14.3 Å². The molecular weight excluding hydrogens is 434 g/mol. The summed E-state index contributed by atoms with van der Waals surface area (Å²) in [5.41, 5.74) is 1.65. The average molecular weight is 468 g/mol. The number of methoxy groups -OCH3 is 1. The highest BCUT2D eigenvalue weighted by atomic mass is 16.5. The lowest BCUT2D eigenvalue weighted by molar-refractivity contribution is -0.147. The first kappa shape index (κ1) is 25.3. The van der Waals surface area contributed by atoms with Crippen LogP contribution in [0.3, 0.4) is 0 Å². The third-order valence-electron chi connectivity index (χ3n) is 6.15. The van der Waals surface area contributed by atoms with Crippen LogP contribution in [0.1, 0.15) is 66.2 Å². The number of ether oxygens (including phenoxy) is 3. The number of benzene rings is 2. The van der Waals surface area contributed by atoms with Crippen LogP contribution in [0.5, 0.6) is 5.75 Å². The number of carbonyl (C=O) groups is 3. The first-order valence-electron chi connectivity index (χ1n) is 11.8. The molecule has 1 aliphatic carbocycles. The molecule has 1 amide bonds. The van der Waals surface area contributed by atoms with Gasteiger partial charge in [-0.3, -0.25) is 9.59 Å². The Morgan fingerprint density at radius 2 is 1.53 bits per heavy atom. The summed E-state index contributed by atoms with van der Waals surface area (Å²) in [5, 5.41) is 0. The van der Waals surface area contributed by atoms with Crippen molar-refractivity contribution >= 4 is 23.5 Å². The van der Waals surface area contributed by atoms with E-state index in [9.17, 15) is 14.4 Å². The van der Waals surface area contributed by atoms with Gasteiger partial charge in [-0.25, -0.2) is 4.79 Å². The monoisotopic (exact) mass is 467 g/mol. The Morgan fingerprint density at radius 1 is 0.912 bits per heavy atom. The van der Waals surface area contributed by atoms with E-state index >= 15 is 0 Å². The highest BCUT2D eigenvalue weighted by Crippen LogP contribution is 2.28. The lowest BCUT2D eigenvalue weighted by atomic mass is 9.87. The van der Waals surface area contributed by atoms with Gasteiger partial charge < -0.3 is 19.1 Å². The van der Waals surface area contributed by atoms with Gasteiger partial charge in [0.15, 0.2) is 0 Å². The zero-order chi connectivity index (χ0) is 24.5. The van der Waals surface area contributed by atoms with Gasteiger partial charge in [0.2, 0.25) is 0 Å². The molecule has 1 aliphatic rings. The number of nitrogens with zero attached hydrogens (tertiary/aromatic N) is 1. The van der Waals surface area contributed by atoms with E-state index in [1.807, 2.05) is 0 Å². The zero-order valence-corrected chi connectivity index (χ0v) is 20.1. The van der Waals surface area contributed by atoms with E-state index in [1.54, 1.807) is 55.6 Å². The second kappa shape index (κ2) is 12.2. The van der Waals surface area contributed by atoms with Crippen molar-refractivity contribution in [3.8, 4) is 5.75 Å². The van der Waals surface area contributed by atoms with Gasteiger partial charge in [0.25, 0.3) is 5.91 Å². The molecule has 7 nitrogen and oxygen atoms in total. The van der Waals surface area contributed by atoms with Crippen LogP contribution in [0.25, 0.3) is 0 Å². The van der Waals surface area contributed by atoms with Crippen LogP contribution >= 0.6 is 0 Å². The summed E-state index contributed by atoms with van der Waals surface area (Å²) in [7, 11) is 3.09. The molecule has 0 bridgehead atoms. The number of rotatable bonds is 9. The molecule has 2 aromatic rings. The van der Waals surface area contributed by atoms with Gasteiger partial charge >= 0.3 is 11.9 Å². The van der Waals surface area contributed by atoms with Gasteiger partial charge in [0, 0.05) is 18.3 Å². The average Bonchev–Trinajstić information content (AvgIpc) is 2.88. The molecule has 182 valence electrons. The Morgan fingerprint density at radius 3 is 2.12 bits per heavy atom. The molecule has 0 spiro atoms. The minimum Gasteiger partial charge on any atom is -0.494 e. The Balaban J connectivity index is 1.53. The summed E-state index contributed by atoms with van der Waals surface area (Å²) in [4.78, 5) is 38.6. The van der Waals surface area contributed by atoms with Gasteiger partial charge in [-0.2, -0.15) is 0 Å². The molecule has 3 rings (SSSR count). The maximum atomic E-state index is 12.9. The highest BCUT2D eigenvalue weighted by molar-refractivity contribution is 6.06. The Kier molecular flexibility index (Phi) is 9.08. The van der Waals surface area contributed by atoms with Crippen molar-refractivity contribution in [1.29, 1.82) is 0 Å². The quantitative estimate of drug-likeness (QED) is 0.380. The molecule has 0 heterocycles. The van der Waals surface area contributed by atoms with Crippen LogP contribution in [0.2, 0.25) is 0 Å². The van der Waals surface area contributed by atoms with E-state index in [2.05, 4.69) is 6.92 Å². The second-order valence-electron chi connectivity index (χ2n) is 8.54. The van der Waals surface area contributed by atoms with Crippen molar-refractivity contribution in [1.82, 2.24) is 0 Å². The van der Waals surface area contributed by atoms with E-state index < -0.39 is 5.97 Å². The predicted molar refractivity (Wildman–Crippen MR) is 129 cm³/mol. The van der Waals surface area contributed by atoms with Crippen molar-refractivity contribution in [3.63, 3.8) is 0 Å². The lowest BCUT2D eigenvalue weighted by Gasteiger charge is -2.26. The van der Waals surface area contributed by atoms with Crippen molar-refractivity contribution in [2.24, 2.45) is 5.92 Å². The van der Waals surface area contributed by atoms with Gasteiger partial charge in [0.1, 0.15) is 11.9 Å². The van der Waals surface area contributed by atoms with Crippen molar-refractivity contribution < 1.29 is 28.6 Å². The standard InChI is InChI=1S/C27H33NO6/c1-4-5-18-33-23-14-8-19(9-15-23)25(29)28(2)22-12-6-21(7-13-22)27(31)34-24-16-10-20(11-17-24)26(30)32-3/h6-9,12-15,20,24H,4-5,10-11,16-18H2,1-3H3. The van der Waals surface area contributed by atoms with E-state index in [0.29, 0.717) is 49.1 Å². The van der Waals surface area contributed by atoms with Crippen LogP contribution in [0.15, 0.2) is 48.5 Å². The SMILES string of the molecule is CCCCOc1ccc(C(=O)N(C)c2ccc(C(=O)OC3CCC(C(=O)OC)CC3)cc2)cc1. The van der Waals surface area contributed by atoms with E-state index in [0.717, 1.165) is 18.6 Å². The maximum absolute atomic E-state index is 12.9. The number of esters is 2. The molecule has 7 heteroatoms. The zero-order valence-electron chi connectivity index (χ0n) is 20.1. The Hall–Kier alpha value is -3.35. The Labute approximate surface area is 201 Å². The minimum absolute atomic E-state index is 0.114. The molecule has 0 unspecified atom stereocenters. The number of carbonyl (C=O) groups excluding carboxylic acids is 3. The maximum Gasteiger partial charge on any atom is 0.338 e. The summed E-state index contributed by atoms with van der Waals surface area (Å²) < 4.78 is 16.1. The first-order valence-corrected chi connectivity index (χ1v) is 11.8. The third kappa shape index (κ3) is 6.59. The summed E-state index contributed by atoms with van der Waals surface area (Å²) in [5.74, 6) is -0.125. The predicted octanol–water partition coefficient (Wildman–Crippen LogP) is 5.03. The fourth-order valence-electron chi connectivity index (χ4n) is 3.96. The molecule has 34 heavy (non-hydrogen) atoms. The van der Waals surface area contributed by atoms with Crippen LogP contribution in [0.4, 0.5) is 5.69 Å². The van der Waals surface area contributed by atoms with Crippen LogP contribution in [-0.4, -0.2) is 44.7 Å². The van der Waals surface area contributed by atoms with Crippen LogP contribution < -0.4 is 9.64 Å². The molecule has 1 fully saturated rings. The number of hydrogen-bond donors (Lipinski definition) is 0. The summed E-state index contributed by atoms with van der Waals surface area (Å²) >= 11 is 0. The molecular formula is C27H33NO6. The molecule has 0 saturated heterocycles. The molecule has 0 N–H and O–H groups in total. The number of anilines is 1. The van der Waals surface area contributed by atoms with Crippen LogP contribution in [0, 0.1) is 5.92 Å². The summed E-state index contributed by atoms with van der Waals surface area (Å²) in [6.07, 6.45) is 4.45. The normalized spacial score (nSPS) is 17.5. The van der Waals surface area contributed by atoms with Gasteiger partial charge in [-0.15, -0.1) is 0 Å². The summed E-state index contributed by atoms with van der Waals surface area (Å²) in [6, 6.07) is 13.9. The van der Waals surface area contributed by atoms with Crippen molar-refractivity contribution in [2.45, 2.75) is 51.6 Å². The minimum atomic E-state index is -0.402. The van der Waals surface area contributed by atoms with Crippen molar-refractivity contribution in [3.05, 3.63) is 59.7 Å². The largest absolute Gasteiger partial charge is 0.494 e. The molecule has 0 aliphatic heterocycles. The van der Waals surface area contributed by atoms with E-state index in [-0.39, 0.29) is 23.9 Å². The smallest absolute Gasteiger partial charge is 0.338 e. The molecule has 0 atom stereocenters.